The van der Waals surface area contributed by atoms with Crippen molar-refractivity contribution in [2.75, 3.05) is 5.32 Å². The number of aromatic nitrogens is 2. The van der Waals surface area contributed by atoms with Gasteiger partial charge < -0.3 is 19.1 Å². The van der Waals surface area contributed by atoms with Crippen LogP contribution >= 0.6 is 0 Å². The minimum absolute atomic E-state index is 0.162. The Morgan fingerprint density at radius 2 is 2.07 bits per heavy atom. The molecule has 2 aromatic rings. The zero-order valence-electron chi connectivity index (χ0n) is 17.4. The van der Waals surface area contributed by atoms with E-state index < -0.39 is 18.0 Å². The summed E-state index contributed by atoms with van der Waals surface area (Å²) in [4.78, 5) is 24.9. The molecule has 2 heterocycles. The fourth-order valence-electron chi connectivity index (χ4n) is 2.98. The lowest BCUT2D eigenvalue weighted by molar-refractivity contribution is -0.150. The summed E-state index contributed by atoms with van der Waals surface area (Å²) in [6.45, 7) is 10.3. The van der Waals surface area contributed by atoms with Gasteiger partial charge in [-0.3, -0.25) is 4.79 Å². The lowest BCUT2D eigenvalue weighted by atomic mass is 10.1. The van der Waals surface area contributed by atoms with Crippen LogP contribution < -0.4 is 5.32 Å². The van der Waals surface area contributed by atoms with Crippen molar-refractivity contribution in [3.8, 4) is 6.07 Å². The number of carbonyl (C=O) groups is 2. The Labute approximate surface area is 170 Å². The van der Waals surface area contributed by atoms with E-state index >= 15 is 0 Å². The van der Waals surface area contributed by atoms with Crippen molar-refractivity contribution in [1.82, 2.24) is 9.72 Å². The number of esters is 1. The molecule has 0 aromatic carbocycles. The lowest BCUT2D eigenvalue weighted by Crippen LogP contribution is -2.32. The van der Waals surface area contributed by atoms with Crippen molar-refractivity contribution < 1.29 is 18.8 Å². The molecule has 29 heavy (non-hydrogen) atoms. The summed E-state index contributed by atoms with van der Waals surface area (Å²) in [6.07, 6.45) is 1.68. The van der Waals surface area contributed by atoms with Crippen molar-refractivity contribution in [1.29, 1.82) is 5.26 Å². The maximum absolute atomic E-state index is 12.5. The van der Waals surface area contributed by atoms with Crippen LogP contribution in [0.25, 0.3) is 6.08 Å². The Morgan fingerprint density at radius 3 is 2.62 bits per heavy atom. The molecule has 1 atom stereocenters. The van der Waals surface area contributed by atoms with Crippen LogP contribution in [0.1, 0.15) is 49.4 Å². The number of rotatable bonds is 8. The van der Waals surface area contributed by atoms with Crippen LogP contribution in [0, 0.1) is 32.1 Å². The first-order valence-corrected chi connectivity index (χ1v) is 9.54. The maximum atomic E-state index is 12.5. The number of nitrogens with one attached hydrogen (secondary N) is 1. The van der Waals surface area contributed by atoms with Crippen LogP contribution in [0.4, 0.5) is 5.82 Å². The molecule has 0 fully saturated rings. The summed E-state index contributed by atoms with van der Waals surface area (Å²) >= 11 is 0. The number of nitriles is 1. The van der Waals surface area contributed by atoms with Gasteiger partial charge in [0.2, 0.25) is 0 Å². The van der Waals surface area contributed by atoms with Crippen LogP contribution in [0.15, 0.2) is 22.2 Å². The second-order valence-corrected chi connectivity index (χ2v) is 6.76. The predicted molar refractivity (Wildman–Crippen MR) is 108 cm³/mol. The maximum Gasteiger partial charge on any atom is 0.349 e. The molecule has 0 radical (unpaired) electrons. The minimum Gasteiger partial charge on any atom is -0.448 e. The van der Waals surface area contributed by atoms with E-state index in [-0.39, 0.29) is 17.8 Å². The number of hydrogen-bond acceptors (Lipinski definition) is 6. The van der Waals surface area contributed by atoms with Crippen molar-refractivity contribution in [3.05, 3.63) is 40.4 Å². The summed E-state index contributed by atoms with van der Waals surface area (Å²) in [6, 6.07) is 5.36. The average molecular weight is 398 g/mol. The van der Waals surface area contributed by atoms with Crippen molar-refractivity contribution in [2.45, 2.75) is 60.1 Å². The SMILES string of the molecule is CCCn1c(C)cc(/C=C(\C#N)C(=O)OC(CC)C(=O)Nc2cc(C)on2)c1C. The highest BCUT2D eigenvalue weighted by molar-refractivity contribution is 6.01. The molecule has 8 heteroatoms. The highest BCUT2D eigenvalue weighted by atomic mass is 16.5. The first-order chi connectivity index (χ1) is 13.8. The number of aryl methyl sites for hydroxylation is 2. The molecule has 1 N–H and O–H groups in total. The van der Waals surface area contributed by atoms with Crippen molar-refractivity contribution >= 4 is 23.8 Å². The largest absolute Gasteiger partial charge is 0.448 e. The highest BCUT2D eigenvalue weighted by Crippen LogP contribution is 2.20. The third-order valence-corrected chi connectivity index (χ3v) is 4.49. The third kappa shape index (κ3) is 5.35. The summed E-state index contributed by atoms with van der Waals surface area (Å²) in [5.41, 5.74) is 2.64. The molecule has 0 aliphatic rings. The zero-order valence-corrected chi connectivity index (χ0v) is 17.4. The fraction of sp³-hybridized carbons (Fsp3) is 0.429. The van der Waals surface area contributed by atoms with Gasteiger partial charge in [-0.2, -0.15) is 5.26 Å². The van der Waals surface area contributed by atoms with E-state index in [0.717, 1.165) is 29.9 Å². The molecule has 1 unspecified atom stereocenters. The van der Waals surface area contributed by atoms with E-state index in [9.17, 15) is 14.9 Å². The molecule has 0 saturated heterocycles. The van der Waals surface area contributed by atoms with Crippen LogP contribution in [-0.2, 0) is 20.9 Å². The van der Waals surface area contributed by atoms with E-state index in [1.807, 2.05) is 26.0 Å². The quantitative estimate of drug-likeness (QED) is 0.413. The van der Waals surface area contributed by atoms with Crippen LogP contribution in [0.5, 0.6) is 0 Å². The van der Waals surface area contributed by atoms with Gasteiger partial charge in [-0.15, -0.1) is 0 Å². The summed E-state index contributed by atoms with van der Waals surface area (Å²) in [5, 5.41) is 15.7. The normalized spacial score (nSPS) is 12.3. The van der Waals surface area contributed by atoms with Gasteiger partial charge in [0.1, 0.15) is 17.4 Å². The number of nitrogens with zero attached hydrogens (tertiary/aromatic N) is 3. The number of carbonyl (C=O) groups excluding carboxylic acids is 2. The first kappa shape index (κ1) is 22.0. The Hall–Kier alpha value is -3.34. The van der Waals surface area contributed by atoms with Crippen LogP contribution in [-0.4, -0.2) is 27.7 Å². The van der Waals surface area contributed by atoms with E-state index in [1.165, 1.54) is 6.08 Å². The molecule has 0 spiro atoms. The number of hydrogen-bond donors (Lipinski definition) is 1. The van der Waals surface area contributed by atoms with Crippen LogP contribution in [0.2, 0.25) is 0 Å². The highest BCUT2D eigenvalue weighted by Gasteiger charge is 2.24. The second-order valence-electron chi connectivity index (χ2n) is 6.76. The van der Waals surface area contributed by atoms with Gasteiger partial charge >= 0.3 is 5.97 Å². The molecule has 0 bridgehead atoms. The van der Waals surface area contributed by atoms with Gasteiger partial charge in [0.15, 0.2) is 11.9 Å². The van der Waals surface area contributed by atoms with Gasteiger partial charge in [-0.05, 0) is 51.3 Å². The first-order valence-electron chi connectivity index (χ1n) is 9.54. The van der Waals surface area contributed by atoms with Gasteiger partial charge in [-0.1, -0.05) is 19.0 Å². The van der Waals surface area contributed by atoms with Crippen LogP contribution in [0.3, 0.4) is 0 Å². The smallest absolute Gasteiger partial charge is 0.349 e. The predicted octanol–water partition coefficient (Wildman–Crippen LogP) is 3.68. The van der Waals surface area contributed by atoms with Gasteiger partial charge in [0.05, 0.1) is 0 Å². The molecule has 0 aliphatic heterocycles. The summed E-state index contributed by atoms with van der Waals surface area (Å²) in [7, 11) is 0. The topological polar surface area (TPSA) is 110 Å². The molecule has 8 nitrogen and oxygen atoms in total. The number of amides is 1. The van der Waals surface area contributed by atoms with E-state index in [2.05, 4.69) is 22.0 Å². The Morgan fingerprint density at radius 1 is 1.34 bits per heavy atom. The minimum atomic E-state index is -1.05. The monoisotopic (exact) mass is 398 g/mol. The van der Waals surface area contributed by atoms with Crippen molar-refractivity contribution in [3.63, 3.8) is 0 Å². The molecule has 0 saturated carbocycles. The zero-order chi connectivity index (χ0) is 21.6. The molecular formula is C21H26N4O4. The van der Waals surface area contributed by atoms with Gasteiger partial charge in [-0.25, -0.2) is 4.79 Å². The summed E-state index contributed by atoms with van der Waals surface area (Å²) in [5.74, 6) is -0.596. The fourth-order valence-corrected chi connectivity index (χ4v) is 2.98. The second kappa shape index (κ2) is 9.73. The Bertz CT molecular complexity index is 962. The van der Waals surface area contributed by atoms with E-state index in [1.54, 1.807) is 19.9 Å². The van der Waals surface area contributed by atoms with E-state index in [4.69, 9.17) is 9.26 Å². The standard InChI is InChI=1S/C21H26N4O4/c1-6-8-25-13(3)9-16(15(25)5)11-17(12-22)21(27)28-18(7-2)20(26)23-19-10-14(4)29-24-19/h9-11,18H,6-8H2,1-5H3,(H,23,24,26)/b17-11+. The lowest BCUT2D eigenvalue weighted by Gasteiger charge is -2.14. The molecule has 154 valence electrons. The molecule has 2 rings (SSSR count). The Balaban J connectivity index is 2.15. The number of anilines is 1. The van der Waals surface area contributed by atoms with E-state index in [0.29, 0.717) is 5.76 Å². The Kier molecular flexibility index (Phi) is 7.37. The summed E-state index contributed by atoms with van der Waals surface area (Å²) < 4.78 is 12.3. The molecule has 1 amide bonds. The average Bonchev–Trinajstić information content (AvgIpc) is 3.21. The molecule has 2 aromatic heterocycles. The molecular weight excluding hydrogens is 372 g/mol. The number of ether oxygens (including phenoxy) is 1. The third-order valence-electron chi connectivity index (χ3n) is 4.49. The van der Waals surface area contributed by atoms with Crippen molar-refractivity contribution in [2.24, 2.45) is 0 Å². The van der Waals surface area contributed by atoms with Gasteiger partial charge in [0, 0.05) is 24.0 Å². The van der Waals surface area contributed by atoms with Gasteiger partial charge in [0.25, 0.3) is 5.91 Å². The molecule has 0 aliphatic carbocycles.